The number of benzene rings is 2. The molecule has 0 saturated heterocycles. The second kappa shape index (κ2) is 4.91. The number of hydrogen-bond donors (Lipinski definition) is 0. The van der Waals surface area contributed by atoms with Gasteiger partial charge in [0.25, 0.3) is 5.56 Å². The van der Waals surface area contributed by atoms with Crippen molar-refractivity contribution in [3.63, 3.8) is 0 Å². The van der Waals surface area contributed by atoms with Crippen LogP contribution in [0.2, 0.25) is 0 Å². The number of fused-ring (bicyclic) bond motifs is 3. The van der Waals surface area contributed by atoms with Crippen molar-refractivity contribution in [3.8, 4) is 0 Å². The molecule has 4 rings (SSSR count). The van der Waals surface area contributed by atoms with Crippen molar-refractivity contribution in [1.29, 1.82) is 0 Å². The molecule has 0 N–H and O–H groups in total. The summed E-state index contributed by atoms with van der Waals surface area (Å²) in [5, 5.41) is 0.624. The van der Waals surface area contributed by atoms with Gasteiger partial charge in [0, 0.05) is 12.1 Å². The Labute approximate surface area is 126 Å². The lowest BCUT2D eigenvalue weighted by atomic mass is 10.1. The smallest absolute Gasteiger partial charge is 0.281 e. The Kier molecular flexibility index (Phi) is 2.89. The molecule has 0 atom stereocenters. The molecule has 0 radical (unpaired) electrons. The van der Waals surface area contributed by atoms with Crippen molar-refractivity contribution in [2.45, 2.75) is 13.0 Å². The average molecular weight is 292 g/mol. The van der Waals surface area contributed by atoms with Gasteiger partial charge >= 0.3 is 0 Å². The van der Waals surface area contributed by atoms with Crippen LogP contribution < -0.4 is 5.56 Å². The van der Waals surface area contributed by atoms with Gasteiger partial charge in [-0.3, -0.25) is 4.79 Å². The Bertz CT molecular complexity index is 972. The van der Waals surface area contributed by atoms with Crippen LogP contribution in [0.5, 0.6) is 0 Å². The van der Waals surface area contributed by atoms with E-state index in [9.17, 15) is 9.18 Å². The highest BCUT2D eigenvalue weighted by Crippen LogP contribution is 2.29. The first-order valence-electron chi connectivity index (χ1n) is 7.19. The first-order valence-corrected chi connectivity index (χ1v) is 7.19. The predicted octanol–water partition coefficient (Wildman–Crippen LogP) is 3.48. The summed E-state index contributed by atoms with van der Waals surface area (Å²) in [6.07, 6.45) is 2.53. The maximum Gasteiger partial charge on any atom is 0.281 e. The van der Waals surface area contributed by atoms with Crippen LogP contribution in [0.15, 0.2) is 53.3 Å². The van der Waals surface area contributed by atoms with E-state index in [1.54, 1.807) is 30.3 Å². The number of rotatable bonds is 1. The van der Waals surface area contributed by atoms with E-state index in [4.69, 9.17) is 0 Å². The Balaban J connectivity index is 1.94. The van der Waals surface area contributed by atoms with Crippen molar-refractivity contribution in [2.75, 3.05) is 0 Å². The third-order valence-electron chi connectivity index (χ3n) is 4.02. The Hall–Kier alpha value is -2.75. The molecule has 0 amide bonds. The van der Waals surface area contributed by atoms with E-state index in [2.05, 4.69) is 4.98 Å². The Morgan fingerprint density at radius 3 is 2.73 bits per heavy atom. The minimum atomic E-state index is -0.267. The number of nitrogens with zero attached hydrogens (tertiary/aromatic N) is 2. The number of halogens is 1. The predicted molar refractivity (Wildman–Crippen MR) is 84.9 cm³/mol. The van der Waals surface area contributed by atoms with Crippen molar-refractivity contribution in [3.05, 3.63) is 76.1 Å². The van der Waals surface area contributed by atoms with Crippen LogP contribution in [0, 0.1) is 5.82 Å². The highest BCUT2D eigenvalue weighted by molar-refractivity contribution is 5.85. The second-order valence-electron chi connectivity index (χ2n) is 5.35. The molecule has 0 saturated carbocycles. The van der Waals surface area contributed by atoms with Gasteiger partial charge in [-0.25, -0.2) is 4.39 Å². The average Bonchev–Trinajstić information content (AvgIpc) is 2.93. The van der Waals surface area contributed by atoms with Gasteiger partial charge in [0.05, 0.1) is 10.9 Å². The molecular weight excluding hydrogens is 279 g/mol. The summed E-state index contributed by atoms with van der Waals surface area (Å²) in [4.78, 5) is 16.4. The zero-order valence-corrected chi connectivity index (χ0v) is 11.8. The summed E-state index contributed by atoms with van der Waals surface area (Å²) in [7, 11) is 0. The first kappa shape index (κ1) is 13.0. The van der Waals surface area contributed by atoms with Crippen LogP contribution in [0.25, 0.3) is 22.6 Å². The minimum absolute atomic E-state index is 0.233. The van der Waals surface area contributed by atoms with Crippen molar-refractivity contribution in [1.82, 2.24) is 9.55 Å². The van der Waals surface area contributed by atoms with Gasteiger partial charge in [0.15, 0.2) is 0 Å². The summed E-state index contributed by atoms with van der Waals surface area (Å²) >= 11 is 0. The summed E-state index contributed by atoms with van der Waals surface area (Å²) < 4.78 is 15.8. The molecule has 22 heavy (non-hydrogen) atoms. The third kappa shape index (κ3) is 1.96. The van der Waals surface area contributed by atoms with E-state index in [1.165, 1.54) is 6.07 Å². The number of aryl methyl sites for hydroxylation is 1. The number of hydrogen-bond acceptors (Lipinski definition) is 2. The monoisotopic (exact) mass is 292 g/mol. The lowest BCUT2D eigenvalue weighted by Gasteiger charge is -2.07. The molecular formula is C18H13FN2O. The normalized spacial score (nSPS) is 15.4. The quantitative estimate of drug-likeness (QED) is 0.688. The van der Waals surface area contributed by atoms with Gasteiger partial charge < -0.3 is 4.57 Å². The van der Waals surface area contributed by atoms with E-state index in [0.717, 1.165) is 24.1 Å². The molecule has 1 aliphatic heterocycles. The Morgan fingerprint density at radius 1 is 1.09 bits per heavy atom. The number of aromatic nitrogens is 2. The van der Waals surface area contributed by atoms with Gasteiger partial charge in [-0.05, 0) is 36.3 Å². The van der Waals surface area contributed by atoms with E-state index in [0.29, 0.717) is 16.8 Å². The highest BCUT2D eigenvalue weighted by atomic mass is 19.1. The van der Waals surface area contributed by atoms with E-state index < -0.39 is 0 Å². The molecule has 2 heterocycles. The fraction of sp³-hybridized carbons (Fsp3) is 0.111. The molecule has 2 aromatic carbocycles. The topological polar surface area (TPSA) is 34.9 Å². The standard InChI is InChI=1S/C18H13FN2O/c19-15-7-3-1-5-12(15)11-13-9-10-21-16-8-4-2-6-14(16)18(22)20-17(13)21/h1-8,11H,9-10H2/b13-11+. The van der Waals surface area contributed by atoms with Crippen molar-refractivity contribution in [2.24, 2.45) is 0 Å². The summed E-state index contributed by atoms with van der Waals surface area (Å²) in [6.45, 7) is 0.753. The molecule has 1 aliphatic rings. The SMILES string of the molecule is O=c1nc2n(c3ccccc13)CC/C2=C\c1ccccc1F. The fourth-order valence-electron chi connectivity index (χ4n) is 2.95. The zero-order valence-electron chi connectivity index (χ0n) is 11.8. The molecule has 1 aromatic heterocycles. The van der Waals surface area contributed by atoms with Crippen LogP contribution in [0.1, 0.15) is 17.8 Å². The Morgan fingerprint density at radius 2 is 1.86 bits per heavy atom. The lowest BCUT2D eigenvalue weighted by Crippen LogP contribution is -2.14. The van der Waals surface area contributed by atoms with Crippen molar-refractivity contribution < 1.29 is 4.39 Å². The summed E-state index contributed by atoms with van der Waals surface area (Å²) in [5.74, 6) is 0.378. The minimum Gasteiger partial charge on any atom is -0.325 e. The lowest BCUT2D eigenvalue weighted by molar-refractivity contribution is 0.625. The molecule has 0 bridgehead atoms. The maximum atomic E-state index is 13.8. The largest absolute Gasteiger partial charge is 0.325 e. The van der Waals surface area contributed by atoms with Gasteiger partial charge in [-0.2, -0.15) is 4.98 Å². The number of allylic oxidation sites excluding steroid dienone is 1. The van der Waals surface area contributed by atoms with Crippen LogP contribution in [0.4, 0.5) is 4.39 Å². The fourth-order valence-corrected chi connectivity index (χ4v) is 2.95. The second-order valence-corrected chi connectivity index (χ2v) is 5.35. The molecule has 108 valence electrons. The first-order chi connectivity index (χ1) is 10.7. The molecule has 3 aromatic rings. The van der Waals surface area contributed by atoms with Crippen molar-refractivity contribution >= 4 is 22.6 Å². The highest BCUT2D eigenvalue weighted by Gasteiger charge is 2.20. The zero-order chi connectivity index (χ0) is 15.1. The third-order valence-corrected chi connectivity index (χ3v) is 4.02. The van der Waals surface area contributed by atoms with E-state index in [1.807, 2.05) is 22.8 Å². The van der Waals surface area contributed by atoms with Crippen LogP contribution in [-0.4, -0.2) is 9.55 Å². The van der Waals surface area contributed by atoms with Gasteiger partial charge in [0.1, 0.15) is 11.6 Å². The van der Waals surface area contributed by atoms with Crippen LogP contribution >= 0.6 is 0 Å². The van der Waals surface area contributed by atoms with Crippen LogP contribution in [-0.2, 0) is 6.54 Å². The van der Waals surface area contributed by atoms with Gasteiger partial charge in [0.2, 0.25) is 0 Å². The van der Waals surface area contributed by atoms with Gasteiger partial charge in [-0.15, -0.1) is 0 Å². The summed E-state index contributed by atoms with van der Waals surface area (Å²) in [5.41, 5.74) is 2.07. The molecule has 4 heteroatoms. The molecule has 0 fully saturated rings. The number of para-hydroxylation sites is 1. The van der Waals surface area contributed by atoms with E-state index in [-0.39, 0.29) is 11.4 Å². The van der Waals surface area contributed by atoms with Gasteiger partial charge in [-0.1, -0.05) is 30.3 Å². The maximum absolute atomic E-state index is 13.8. The molecule has 0 unspecified atom stereocenters. The molecule has 0 spiro atoms. The molecule has 0 aliphatic carbocycles. The van der Waals surface area contributed by atoms with Crippen LogP contribution in [0.3, 0.4) is 0 Å². The summed E-state index contributed by atoms with van der Waals surface area (Å²) in [6, 6.07) is 14.1. The van der Waals surface area contributed by atoms with E-state index >= 15 is 0 Å². The molecule has 3 nitrogen and oxygen atoms in total.